The zero-order valence-electron chi connectivity index (χ0n) is 18.0. The highest BCUT2D eigenvalue weighted by atomic mass is 35.5. The topological polar surface area (TPSA) is 81.2 Å². The summed E-state index contributed by atoms with van der Waals surface area (Å²) >= 11 is 5.88. The summed E-state index contributed by atoms with van der Waals surface area (Å²) in [5.74, 6) is -1.76. The molecule has 0 aromatic heterocycles. The molecule has 1 aromatic rings. The first-order chi connectivity index (χ1) is 15.2. The van der Waals surface area contributed by atoms with Crippen LogP contribution in [0.2, 0.25) is 5.02 Å². The number of hydrogen-bond acceptors (Lipinski definition) is 4. The van der Waals surface area contributed by atoms with E-state index in [4.69, 9.17) is 11.6 Å². The second-order valence-electron chi connectivity index (χ2n) is 8.62. The number of halogens is 2. The summed E-state index contributed by atoms with van der Waals surface area (Å²) in [6.45, 7) is 0.624. The van der Waals surface area contributed by atoms with Gasteiger partial charge in [0.15, 0.2) is 0 Å². The molecule has 172 valence electrons. The highest BCUT2D eigenvalue weighted by molar-refractivity contribution is 6.31. The van der Waals surface area contributed by atoms with E-state index in [9.17, 15) is 23.6 Å². The van der Waals surface area contributed by atoms with E-state index in [2.05, 4.69) is 0 Å². The summed E-state index contributed by atoms with van der Waals surface area (Å²) in [5, 5.41) is 0.268. The van der Waals surface area contributed by atoms with E-state index < -0.39 is 23.3 Å². The second kappa shape index (κ2) is 8.69. The van der Waals surface area contributed by atoms with Crippen molar-refractivity contribution in [1.29, 1.82) is 0 Å². The van der Waals surface area contributed by atoms with E-state index in [1.54, 1.807) is 7.05 Å². The number of likely N-dealkylation sites (N-methyl/N-ethyl adjacent to an activating group) is 1. The van der Waals surface area contributed by atoms with Crippen LogP contribution in [0.15, 0.2) is 18.2 Å². The molecular formula is C22H26ClFN4O4. The molecule has 3 aliphatic rings. The summed E-state index contributed by atoms with van der Waals surface area (Å²) in [6.07, 6.45) is 4.06. The summed E-state index contributed by atoms with van der Waals surface area (Å²) < 4.78 is 14.0. The molecule has 3 fully saturated rings. The smallest absolute Gasteiger partial charge is 0.327 e. The zero-order valence-corrected chi connectivity index (χ0v) is 18.7. The molecule has 1 saturated carbocycles. The van der Waals surface area contributed by atoms with Crippen molar-refractivity contribution in [1.82, 2.24) is 19.6 Å². The highest BCUT2D eigenvalue weighted by Gasteiger charge is 2.56. The van der Waals surface area contributed by atoms with Crippen LogP contribution in [0.4, 0.5) is 9.18 Å². The molecule has 2 aliphatic heterocycles. The Hall–Kier alpha value is -2.68. The minimum Gasteiger partial charge on any atom is -0.338 e. The minimum absolute atomic E-state index is 0.105. The monoisotopic (exact) mass is 464 g/mol. The Kier molecular flexibility index (Phi) is 6.11. The lowest BCUT2D eigenvalue weighted by Gasteiger charge is -2.36. The van der Waals surface area contributed by atoms with Crippen molar-refractivity contribution in [3.8, 4) is 0 Å². The summed E-state index contributed by atoms with van der Waals surface area (Å²) in [4.78, 5) is 56.8. The number of imide groups is 1. The zero-order chi connectivity index (χ0) is 23.0. The average molecular weight is 465 g/mol. The molecule has 0 unspecified atom stereocenters. The lowest BCUT2D eigenvalue weighted by molar-refractivity contribution is -0.141. The van der Waals surface area contributed by atoms with Crippen LogP contribution in [0.25, 0.3) is 0 Å². The maximum absolute atomic E-state index is 14.0. The van der Waals surface area contributed by atoms with Crippen molar-refractivity contribution in [3.63, 3.8) is 0 Å². The fourth-order valence-corrected chi connectivity index (χ4v) is 5.07. The van der Waals surface area contributed by atoms with Crippen LogP contribution in [-0.4, -0.2) is 88.7 Å². The summed E-state index contributed by atoms with van der Waals surface area (Å²) in [6, 6.07) is 3.38. The van der Waals surface area contributed by atoms with Crippen molar-refractivity contribution >= 4 is 35.4 Å². The summed E-state index contributed by atoms with van der Waals surface area (Å²) in [7, 11) is 1.63. The van der Waals surface area contributed by atoms with Crippen LogP contribution in [-0.2, 0) is 9.59 Å². The van der Waals surface area contributed by atoms with Crippen molar-refractivity contribution < 1.29 is 23.6 Å². The molecule has 32 heavy (non-hydrogen) atoms. The molecule has 8 nitrogen and oxygen atoms in total. The van der Waals surface area contributed by atoms with Gasteiger partial charge in [0.05, 0.1) is 5.56 Å². The molecule has 0 atom stereocenters. The van der Waals surface area contributed by atoms with Crippen LogP contribution in [0.1, 0.15) is 42.5 Å². The van der Waals surface area contributed by atoms with Gasteiger partial charge >= 0.3 is 6.03 Å². The van der Waals surface area contributed by atoms with E-state index in [0.717, 1.165) is 30.2 Å². The Morgan fingerprint density at radius 1 is 1.03 bits per heavy atom. The third-order valence-corrected chi connectivity index (χ3v) is 7.09. The number of amides is 5. The van der Waals surface area contributed by atoms with Crippen LogP contribution < -0.4 is 0 Å². The van der Waals surface area contributed by atoms with Crippen molar-refractivity contribution in [3.05, 3.63) is 34.6 Å². The van der Waals surface area contributed by atoms with Crippen molar-refractivity contribution in [2.45, 2.75) is 37.6 Å². The van der Waals surface area contributed by atoms with Crippen LogP contribution in [0.5, 0.6) is 0 Å². The number of nitrogens with zero attached hydrogens (tertiary/aromatic N) is 4. The molecule has 0 bridgehead atoms. The number of benzene rings is 1. The van der Waals surface area contributed by atoms with E-state index >= 15 is 0 Å². The van der Waals surface area contributed by atoms with Crippen LogP contribution in [0, 0.1) is 5.82 Å². The molecular weight excluding hydrogens is 439 g/mol. The number of carbonyl (C=O) groups excluding carboxylic acids is 4. The van der Waals surface area contributed by atoms with Gasteiger partial charge in [0.1, 0.15) is 17.9 Å². The van der Waals surface area contributed by atoms with E-state index in [1.165, 1.54) is 26.8 Å². The Balaban J connectivity index is 1.37. The summed E-state index contributed by atoms with van der Waals surface area (Å²) in [5.41, 5.74) is -0.923. The maximum atomic E-state index is 14.0. The third-order valence-electron chi connectivity index (χ3n) is 6.86. The van der Waals surface area contributed by atoms with Crippen LogP contribution >= 0.6 is 11.6 Å². The Bertz CT molecular complexity index is 957. The van der Waals surface area contributed by atoms with Gasteiger partial charge in [-0.2, -0.15) is 0 Å². The van der Waals surface area contributed by atoms with Gasteiger partial charge in [0, 0.05) is 38.2 Å². The lowest BCUT2D eigenvalue weighted by atomic mass is 9.81. The van der Waals surface area contributed by atoms with E-state index in [0.29, 0.717) is 12.8 Å². The molecule has 5 amide bonds. The van der Waals surface area contributed by atoms with E-state index in [-0.39, 0.29) is 55.1 Å². The fourth-order valence-electron chi connectivity index (χ4n) is 4.90. The fraction of sp³-hybridized carbons (Fsp3) is 0.545. The largest absolute Gasteiger partial charge is 0.338 e. The number of piperazine rings is 1. The minimum atomic E-state index is -0.818. The Morgan fingerprint density at radius 3 is 2.31 bits per heavy atom. The quantitative estimate of drug-likeness (QED) is 0.643. The molecule has 0 radical (unpaired) electrons. The van der Waals surface area contributed by atoms with Gasteiger partial charge in [-0.25, -0.2) is 9.18 Å². The number of urea groups is 1. The van der Waals surface area contributed by atoms with Gasteiger partial charge in [-0.1, -0.05) is 30.9 Å². The molecule has 0 N–H and O–H groups in total. The van der Waals surface area contributed by atoms with Crippen LogP contribution in [0.3, 0.4) is 0 Å². The standard InChI is InChI=1S/C22H26ClFN4O4/c1-25-21(32)28(20(31)22(25)7-3-2-4-8-22)14-18(29)26-9-11-27(12-10-26)19(30)16-13-15(23)5-6-17(16)24/h5-6,13H,2-4,7-12,14H2,1H3. The van der Waals surface area contributed by atoms with Gasteiger partial charge in [-0.15, -0.1) is 0 Å². The van der Waals surface area contributed by atoms with Gasteiger partial charge < -0.3 is 14.7 Å². The number of rotatable bonds is 3. The molecule has 1 aliphatic carbocycles. The SMILES string of the molecule is CN1C(=O)N(CC(=O)N2CCN(C(=O)c3cc(Cl)ccc3F)CC2)C(=O)C12CCCCC2. The molecule has 1 aromatic carbocycles. The number of hydrogen-bond donors (Lipinski definition) is 0. The average Bonchev–Trinajstić information content (AvgIpc) is 2.97. The van der Waals surface area contributed by atoms with Gasteiger partial charge in [0.2, 0.25) is 5.91 Å². The lowest BCUT2D eigenvalue weighted by Crippen LogP contribution is -2.53. The van der Waals surface area contributed by atoms with Gasteiger partial charge in [-0.3, -0.25) is 19.3 Å². The predicted octanol–water partition coefficient (Wildman–Crippen LogP) is 2.36. The molecule has 10 heteroatoms. The maximum Gasteiger partial charge on any atom is 0.327 e. The molecule has 1 spiro atoms. The van der Waals surface area contributed by atoms with E-state index in [1.807, 2.05) is 0 Å². The number of carbonyl (C=O) groups is 4. The molecule has 2 saturated heterocycles. The van der Waals surface area contributed by atoms with Gasteiger partial charge in [0.25, 0.3) is 11.8 Å². The first-order valence-electron chi connectivity index (χ1n) is 10.9. The molecule has 4 rings (SSSR count). The van der Waals surface area contributed by atoms with Crippen molar-refractivity contribution in [2.24, 2.45) is 0 Å². The Morgan fingerprint density at radius 2 is 1.66 bits per heavy atom. The Labute approximate surface area is 190 Å². The first-order valence-corrected chi connectivity index (χ1v) is 11.2. The predicted molar refractivity (Wildman–Crippen MR) is 115 cm³/mol. The second-order valence-corrected chi connectivity index (χ2v) is 9.06. The third kappa shape index (κ3) is 3.83. The normalized spacial score (nSPS) is 21.0. The highest BCUT2D eigenvalue weighted by Crippen LogP contribution is 2.39. The molecule has 2 heterocycles. The first kappa shape index (κ1) is 22.5. The van der Waals surface area contributed by atoms with Crippen molar-refractivity contribution in [2.75, 3.05) is 39.8 Å². The van der Waals surface area contributed by atoms with Gasteiger partial charge in [-0.05, 0) is 31.0 Å².